The molecule has 1 aromatic heterocycles. The molecule has 0 fully saturated rings. The predicted octanol–water partition coefficient (Wildman–Crippen LogP) is 6.57. The van der Waals surface area contributed by atoms with Crippen molar-refractivity contribution in [2.24, 2.45) is 0 Å². The van der Waals surface area contributed by atoms with E-state index in [0.29, 0.717) is 22.3 Å². The van der Waals surface area contributed by atoms with E-state index >= 15 is 0 Å². The van der Waals surface area contributed by atoms with Crippen molar-refractivity contribution in [2.75, 3.05) is 17.3 Å². The third-order valence-electron chi connectivity index (χ3n) is 4.82. The standard InChI is InChI=1S/C23H23ClN4O3S/c1-12(2)17-10-16(6-7-18(17)29)31-20-13(3)8-15(9-14(20)4)26-22(30)28(5)23-27-21(24)19(11-25)32-23/h6-10,12,29H,1-5H3,(H,26,30). The molecule has 0 atom stereocenters. The van der Waals surface area contributed by atoms with Crippen LogP contribution in [-0.2, 0) is 0 Å². The molecule has 0 bridgehead atoms. The Morgan fingerprint density at radius 3 is 2.50 bits per heavy atom. The highest BCUT2D eigenvalue weighted by Crippen LogP contribution is 2.35. The van der Waals surface area contributed by atoms with Crippen LogP contribution in [0, 0.1) is 25.2 Å². The molecule has 3 rings (SSSR count). The number of aromatic nitrogens is 1. The van der Waals surface area contributed by atoms with Crippen LogP contribution < -0.4 is 15.0 Å². The minimum Gasteiger partial charge on any atom is -0.508 e. The largest absolute Gasteiger partial charge is 0.508 e. The van der Waals surface area contributed by atoms with Crippen LogP contribution in [-0.4, -0.2) is 23.2 Å². The predicted molar refractivity (Wildman–Crippen MR) is 127 cm³/mol. The Morgan fingerprint density at radius 1 is 1.28 bits per heavy atom. The first kappa shape index (κ1) is 23.4. The Morgan fingerprint density at radius 2 is 1.94 bits per heavy atom. The lowest BCUT2D eigenvalue weighted by Crippen LogP contribution is -2.31. The van der Waals surface area contributed by atoms with Gasteiger partial charge in [0.05, 0.1) is 0 Å². The second-order valence-electron chi connectivity index (χ2n) is 7.63. The molecule has 0 spiro atoms. The summed E-state index contributed by atoms with van der Waals surface area (Å²) in [6.07, 6.45) is 0. The number of nitriles is 1. The lowest BCUT2D eigenvalue weighted by Gasteiger charge is -2.18. The summed E-state index contributed by atoms with van der Waals surface area (Å²) in [6.45, 7) is 7.80. The maximum atomic E-state index is 12.7. The van der Waals surface area contributed by atoms with Crippen LogP contribution in [0.3, 0.4) is 0 Å². The number of carbonyl (C=O) groups is 1. The Labute approximate surface area is 195 Å². The number of benzene rings is 2. The first-order chi connectivity index (χ1) is 15.1. The van der Waals surface area contributed by atoms with E-state index in [1.54, 1.807) is 19.2 Å². The highest BCUT2D eigenvalue weighted by Gasteiger charge is 2.19. The third-order valence-corrected chi connectivity index (χ3v) is 6.24. The lowest BCUT2D eigenvalue weighted by molar-refractivity contribution is 0.258. The second-order valence-corrected chi connectivity index (χ2v) is 8.97. The number of hydrogen-bond acceptors (Lipinski definition) is 6. The van der Waals surface area contributed by atoms with Gasteiger partial charge in [0.2, 0.25) is 0 Å². The molecule has 3 aromatic rings. The zero-order chi connectivity index (χ0) is 23.6. The van der Waals surface area contributed by atoms with E-state index in [-0.39, 0.29) is 21.7 Å². The number of nitrogens with zero attached hydrogens (tertiary/aromatic N) is 3. The van der Waals surface area contributed by atoms with E-state index in [0.717, 1.165) is 28.0 Å². The van der Waals surface area contributed by atoms with Crippen LogP contribution in [0.1, 0.15) is 41.3 Å². The number of phenolic OH excluding ortho intramolecular Hbond substituents is 1. The van der Waals surface area contributed by atoms with Gasteiger partial charge < -0.3 is 15.2 Å². The van der Waals surface area contributed by atoms with Gasteiger partial charge in [-0.25, -0.2) is 9.78 Å². The molecule has 32 heavy (non-hydrogen) atoms. The Balaban J connectivity index is 1.79. The van der Waals surface area contributed by atoms with Crippen LogP contribution in [0.5, 0.6) is 17.2 Å². The molecule has 2 aromatic carbocycles. The third kappa shape index (κ3) is 4.96. The molecule has 166 valence electrons. The number of anilines is 2. The first-order valence-corrected chi connectivity index (χ1v) is 11.0. The van der Waals surface area contributed by atoms with Gasteiger partial charge in [-0.2, -0.15) is 5.26 Å². The molecule has 1 heterocycles. The van der Waals surface area contributed by atoms with Crippen LogP contribution in [0.2, 0.25) is 5.15 Å². The maximum Gasteiger partial charge on any atom is 0.327 e. The number of ether oxygens (including phenoxy) is 1. The molecule has 7 nitrogen and oxygen atoms in total. The van der Waals surface area contributed by atoms with Crippen LogP contribution >= 0.6 is 22.9 Å². The van der Waals surface area contributed by atoms with Gasteiger partial charge in [-0.15, -0.1) is 0 Å². The Bertz CT molecular complexity index is 1190. The van der Waals surface area contributed by atoms with Gasteiger partial charge >= 0.3 is 6.03 Å². The van der Waals surface area contributed by atoms with E-state index in [4.69, 9.17) is 21.6 Å². The minimum atomic E-state index is -0.410. The second kappa shape index (κ2) is 9.47. The highest BCUT2D eigenvalue weighted by molar-refractivity contribution is 7.16. The molecule has 2 amide bonds. The number of rotatable bonds is 5. The average Bonchev–Trinajstić information content (AvgIpc) is 3.11. The summed E-state index contributed by atoms with van der Waals surface area (Å²) in [5.41, 5.74) is 3.09. The molecule has 0 saturated carbocycles. The summed E-state index contributed by atoms with van der Waals surface area (Å²) >= 11 is 6.95. The van der Waals surface area contributed by atoms with Crippen molar-refractivity contribution < 1.29 is 14.6 Å². The number of nitrogens with one attached hydrogen (secondary N) is 1. The quantitative estimate of drug-likeness (QED) is 0.439. The fourth-order valence-corrected chi connectivity index (χ4v) is 4.16. The number of hydrogen-bond donors (Lipinski definition) is 2. The van der Waals surface area contributed by atoms with Gasteiger partial charge in [0.1, 0.15) is 28.2 Å². The number of amides is 2. The molecule has 0 saturated heterocycles. The zero-order valence-electron chi connectivity index (χ0n) is 18.4. The Kier molecular flexibility index (Phi) is 6.92. The van der Waals surface area contributed by atoms with Crippen molar-refractivity contribution in [3.05, 3.63) is 57.1 Å². The van der Waals surface area contributed by atoms with E-state index in [2.05, 4.69) is 10.3 Å². The van der Waals surface area contributed by atoms with Gasteiger partial charge in [0.25, 0.3) is 0 Å². The summed E-state index contributed by atoms with van der Waals surface area (Å²) in [4.78, 5) is 18.3. The lowest BCUT2D eigenvalue weighted by atomic mass is 10.0. The number of phenols is 1. The monoisotopic (exact) mass is 470 g/mol. The van der Waals surface area contributed by atoms with E-state index in [9.17, 15) is 9.90 Å². The summed E-state index contributed by atoms with van der Waals surface area (Å²) in [5.74, 6) is 1.71. The van der Waals surface area contributed by atoms with Gasteiger partial charge in [-0.3, -0.25) is 4.90 Å². The summed E-state index contributed by atoms with van der Waals surface area (Å²) in [6, 6.07) is 10.3. The van der Waals surface area contributed by atoms with Gasteiger partial charge in [-0.1, -0.05) is 36.8 Å². The normalized spacial score (nSPS) is 10.7. The maximum absolute atomic E-state index is 12.7. The van der Waals surface area contributed by atoms with Gasteiger partial charge in [0.15, 0.2) is 10.3 Å². The fourth-order valence-electron chi connectivity index (χ4n) is 3.16. The molecule has 0 unspecified atom stereocenters. The number of carbonyl (C=O) groups excluding carboxylic acids is 1. The summed E-state index contributed by atoms with van der Waals surface area (Å²) < 4.78 is 6.10. The van der Waals surface area contributed by atoms with Gasteiger partial charge in [-0.05, 0) is 61.2 Å². The van der Waals surface area contributed by atoms with Crippen LogP contribution in [0.25, 0.3) is 0 Å². The van der Waals surface area contributed by atoms with Crippen molar-refractivity contribution in [2.45, 2.75) is 33.6 Å². The molecule has 0 aliphatic heterocycles. The number of urea groups is 1. The number of aryl methyl sites for hydroxylation is 2. The molecule has 2 N–H and O–H groups in total. The fraction of sp³-hybridized carbons (Fsp3) is 0.261. The van der Waals surface area contributed by atoms with E-state index < -0.39 is 6.03 Å². The van der Waals surface area contributed by atoms with Crippen LogP contribution in [0.15, 0.2) is 30.3 Å². The zero-order valence-corrected chi connectivity index (χ0v) is 19.9. The molecule has 0 radical (unpaired) electrons. The highest BCUT2D eigenvalue weighted by atomic mass is 35.5. The number of thiazole rings is 1. The van der Waals surface area contributed by atoms with Crippen molar-refractivity contribution in [3.63, 3.8) is 0 Å². The SMILES string of the molecule is Cc1cc(NC(=O)N(C)c2nc(Cl)c(C#N)s2)cc(C)c1Oc1ccc(O)c(C(C)C)c1. The van der Waals surface area contributed by atoms with Crippen molar-refractivity contribution in [1.82, 2.24) is 4.98 Å². The topological polar surface area (TPSA) is 98.5 Å². The molecule has 0 aliphatic rings. The number of halogens is 1. The van der Waals surface area contributed by atoms with Crippen LogP contribution in [0.4, 0.5) is 15.6 Å². The molecular formula is C23H23ClN4O3S. The van der Waals surface area contributed by atoms with Crippen molar-refractivity contribution >= 4 is 39.8 Å². The molecule has 9 heteroatoms. The minimum absolute atomic E-state index is 0.0789. The van der Waals surface area contributed by atoms with Gasteiger partial charge in [0, 0.05) is 18.3 Å². The smallest absolute Gasteiger partial charge is 0.327 e. The van der Waals surface area contributed by atoms with Crippen molar-refractivity contribution in [3.8, 4) is 23.3 Å². The first-order valence-electron chi connectivity index (χ1n) is 9.83. The summed E-state index contributed by atoms with van der Waals surface area (Å²) in [5, 5.41) is 22.3. The Hall–Kier alpha value is -3.28. The average molecular weight is 471 g/mol. The van der Waals surface area contributed by atoms with E-state index in [1.165, 1.54) is 4.90 Å². The van der Waals surface area contributed by atoms with E-state index in [1.807, 2.05) is 52.0 Å². The molecular weight excluding hydrogens is 448 g/mol. The molecule has 0 aliphatic carbocycles. The summed E-state index contributed by atoms with van der Waals surface area (Å²) in [7, 11) is 1.56. The number of aromatic hydroxyl groups is 1. The van der Waals surface area contributed by atoms with Crippen molar-refractivity contribution in [1.29, 1.82) is 5.26 Å².